The highest BCUT2D eigenvalue weighted by molar-refractivity contribution is 14.2. The van der Waals surface area contributed by atoms with Crippen molar-refractivity contribution in [1.29, 1.82) is 5.26 Å². The Balaban J connectivity index is 1.49. The van der Waals surface area contributed by atoms with E-state index in [1.807, 2.05) is 31.8 Å². The van der Waals surface area contributed by atoms with Crippen LogP contribution in [0.5, 0.6) is 0 Å². The van der Waals surface area contributed by atoms with Gasteiger partial charge in [0.1, 0.15) is 18.0 Å². The molecule has 0 bridgehead atoms. The maximum absolute atomic E-state index is 14.0. The summed E-state index contributed by atoms with van der Waals surface area (Å²) in [5.41, 5.74) is 0.195. The number of hydrogen-bond donors (Lipinski definition) is 0. The van der Waals surface area contributed by atoms with Gasteiger partial charge in [0.25, 0.3) is 3.90 Å². The highest BCUT2D eigenvalue weighted by Gasteiger charge is 2.30. The van der Waals surface area contributed by atoms with E-state index in [9.17, 15) is 9.18 Å². The molecule has 0 atom stereocenters. The van der Waals surface area contributed by atoms with Gasteiger partial charge in [-0.15, -0.1) is 5.10 Å². The van der Waals surface area contributed by atoms with Crippen molar-refractivity contribution in [1.82, 2.24) is 9.91 Å². The summed E-state index contributed by atoms with van der Waals surface area (Å²) in [4.78, 5) is 13.9. The van der Waals surface area contributed by atoms with Gasteiger partial charge >= 0.3 is 6.09 Å². The van der Waals surface area contributed by atoms with Crippen molar-refractivity contribution in [3.63, 3.8) is 0 Å². The fourth-order valence-electron chi connectivity index (χ4n) is 2.96. The number of nitrogens with zero attached hydrogens (tertiary/aromatic N) is 4. The maximum atomic E-state index is 14.0. The predicted octanol–water partition coefficient (Wildman–Crippen LogP) is 3.93. The van der Waals surface area contributed by atoms with Crippen molar-refractivity contribution < 1.29 is 18.7 Å². The third-order valence-electron chi connectivity index (χ3n) is 4.46. The van der Waals surface area contributed by atoms with Crippen LogP contribution in [0.1, 0.15) is 44.7 Å². The van der Waals surface area contributed by atoms with E-state index in [0.29, 0.717) is 22.6 Å². The summed E-state index contributed by atoms with van der Waals surface area (Å²) < 4.78 is 27.8. The van der Waals surface area contributed by atoms with E-state index in [0.717, 1.165) is 12.8 Å². The predicted molar refractivity (Wildman–Crippen MR) is 116 cm³/mol. The van der Waals surface area contributed by atoms with E-state index in [4.69, 9.17) is 14.7 Å². The molecule has 1 aromatic rings. The number of rotatable bonds is 3. The molecule has 1 fully saturated rings. The molecule has 2 heterocycles. The molecule has 0 aliphatic carbocycles. The monoisotopic (exact) mass is 514 g/mol. The van der Waals surface area contributed by atoms with Crippen LogP contribution in [0.3, 0.4) is 0 Å². The largest absolute Gasteiger partial charge is 0.468 e. The minimum atomic E-state index is -0.503. The van der Waals surface area contributed by atoms with Crippen LogP contribution in [0.2, 0.25) is 0 Å². The first-order valence-electron chi connectivity index (χ1n) is 9.38. The summed E-state index contributed by atoms with van der Waals surface area (Å²) in [5, 5.41) is 15.3. The Morgan fingerprint density at radius 1 is 1.38 bits per heavy atom. The van der Waals surface area contributed by atoms with Crippen molar-refractivity contribution in [2.24, 2.45) is 5.10 Å². The number of carbonyl (C=O) groups is 1. The summed E-state index contributed by atoms with van der Waals surface area (Å²) >= 11 is -0.503. The molecule has 1 aromatic carbocycles. The number of benzene rings is 1. The van der Waals surface area contributed by atoms with Gasteiger partial charge in [0.05, 0.1) is 21.8 Å². The molecule has 9 heteroatoms. The molecular formula is C20H24FIN4O3. The maximum Gasteiger partial charge on any atom is 0.410 e. The van der Waals surface area contributed by atoms with E-state index in [2.05, 4.69) is 9.24 Å². The molecule has 0 aromatic heterocycles. The minimum absolute atomic E-state index is 0.0921. The van der Waals surface area contributed by atoms with Crippen molar-refractivity contribution >= 4 is 34.9 Å². The van der Waals surface area contributed by atoms with Crippen molar-refractivity contribution in [3.05, 3.63) is 35.1 Å². The highest BCUT2D eigenvalue weighted by atomic mass is 127. The molecular weight excluding hydrogens is 490 g/mol. The Hall–Kier alpha value is -2.22. The first-order valence-corrected chi connectivity index (χ1v) is 11.7. The number of hydrogen-bond acceptors (Lipinski definition) is 6. The van der Waals surface area contributed by atoms with Gasteiger partial charge in [-0.3, -0.25) is 5.01 Å². The summed E-state index contributed by atoms with van der Waals surface area (Å²) in [6.45, 7) is 6.94. The van der Waals surface area contributed by atoms with Crippen LogP contribution in [-0.4, -0.2) is 48.8 Å². The molecule has 156 valence electrons. The van der Waals surface area contributed by atoms with Gasteiger partial charge in [-0.05, 0) is 45.7 Å². The standard InChI is InChI=1S/C20H24FIN4O3/c1-20(2,3)29-19(27)25-8-6-16(7-9-25)26-13-22-18(24-26)28-12-15-5-4-14(11-23)10-17(15)21/h4-5,10,13,16H,6-9,12H2,1-3H3. The summed E-state index contributed by atoms with van der Waals surface area (Å²) in [5.74, 6) is -0.448. The smallest absolute Gasteiger partial charge is 0.410 e. The SMILES string of the molecule is CC(C)(C)OC(=O)N1CCC(N2C=IC(OCc3ccc(C#N)cc3F)=N2)CC1. The van der Waals surface area contributed by atoms with Crippen LogP contribution in [0.4, 0.5) is 9.18 Å². The molecule has 3 rings (SSSR count). The van der Waals surface area contributed by atoms with Crippen LogP contribution in [-0.2, 0) is 16.1 Å². The van der Waals surface area contributed by atoms with E-state index >= 15 is 0 Å². The number of piperidine rings is 1. The van der Waals surface area contributed by atoms with Gasteiger partial charge in [-0.1, -0.05) is 6.07 Å². The number of halogens is 2. The van der Waals surface area contributed by atoms with Gasteiger partial charge in [0.2, 0.25) is 0 Å². The molecule has 1 saturated heterocycles. The van der Waals surface area contributed by atoms with Crippen LogP contribution in [0, 0.1) is 17.1 Å². The molecule has 1 amide bonds. The molecule has 0 radical (unpaired) electrons. The molecule has 0 spiro atoms. The van der Waals surface area contributed by atoms with Gasteiger partial charge in [-0.2, -0.15) is 5.26 Å². The van der Waals surface area contributed by atoms with Gasteiger partial charge in [0.15, 0.2) is 0 Å². The zero-order chi connectivity index (χ0) is 21.0. The Morgan fingerprint density at radius 3 is 2.72 bits per heavy atom. The normalized spacial score (nSPS) is 17.4. The number of ether oxygens (including phenoxy) is 2. The molecule has 2 aliphatic heterocycles. The average molecular weight is 514 g/mol. The van der Waals surface area contributed by atoms with E-state index in [-0.39, 0.29) is 24.3 Å². The Bertz CT molecular complexity index is 867. The lowest BCUT2D eigenvalue weighted by Gasteiger charge is -2.35. The van der Waals surface area contributed by atoms with Crippen LogP contribution >= 0.6 is 20.7 Å². The first-order chi connectivity index (χ1) is 13.7. The Morgan fingerprint density at radius 2 is 2.10 bits per heavy atom. The summed E-state index contributed by atoms with van der Waals surface area (Å²) in [7, 11) is 0. The lowest BCUT2D eigenvalue weighted by atomic mass is 10.1. The molecule has 0 N–H and O–H groups in total. The number of nitriles is 1. The zero-order valence-electron chi connectivity index (χ0n) is 16.7. The van der Waals surface area contributed by atoms with Crippen molar-refractivity contribution in [3.8, 4) is 6.07 Å². The van der Waals surface area contributed by atoms with Crippen LogP contribution in [0.25, 0.3) is 0 Å². The zero-order valence-corrected chi connectivity index (χ0v) is 18.8. The average Bonchev–Trinajstić information content (AvgIpc) is 3.15. The quantitative estimate of drug-likeness (QED) is 0.572. The minimum Gasteiger partial charge on any atom is -0.468 e. The van der Waals surface area contributed by atoms with Gasteiger partial charge in [0, 0.05) is 39.4 Å². The van der Waals surface area contributed by atoms with E-state index in [1.165, 1.54) is 6.07 Å². The van der Waals surface area contributed by atoms with Gasteiger partial charge in [-0.25, -0.2) is 9.18 Å². The Labute approximate surface area is 179 Å². The highest BCUT2D eigenvalue weighted by Crippen LogP contribution is 2.24. The second-order valence-corrected chi connectivity index (χ2v) is 9.95. The van der Waals surface area contributed by atoms with Crippen molar-refractivity contribution in [2.45, 2.75) is 51.9 Å². The molecule has 2 aliphatic rings. The number of carbonyl (C=O) groups excluding carboxylic acids is 1. The summed E-state index contributed by atoms with van der Waals surface area (Å²) in [6.07, 6.45) is 1.34. The van der Waals surface area contributed by atoms with E-state index in [1.54, 1.807) is 17.0 Å². The Kier molecular flexibility index (Phi) is 6.72. The number of hydrazone groups is 1. The third-order valence-corrected chi connectivity index (χ3v) is 6.36. The van der Waals surface area contributed by atoms with Crippen molar-refractivity contribution in [2.75, 3.05) is 13.1 Å². The molecule has 0 saturated carbocycles. The fraction of sp³-hybridized carbons (Fsp3) is 0.500. The van der Waals surface area contributed by atoms with Crippen LogP contribution < -0.4 is 0 Å². The van der Waals surface area contributed by atoms with E-state index < -0.39 is 32.1 Å². The fourth-order valence-corrected chi connectivity index (χ4v) is 4.77. The third kappa shape index (κ3) is 5.88. The number of likely N-dealkylation sites (tertiary alicyclic amines) is 1. The second kappa shape index (κ2) is 9.07. The first kappa shape index (κ1) is 21.5. The lowest BCUT2D eigenvalue weighted by molar-refractivity contribution is 0.0175. The second-order valence-electron chi connectivity index (χ2n) is 7.84. The topological polar surface area (TPSA) is 78.2 Å². The summed E-state index contributed by atoms with van der Waals surface area (Å²) in [6, 6.07) is 6.48. The van der Waals surface area contributed by atoms with Crippen LogP contribution in [0.15, 0.2) is 23.3 Å². The molecule has 29 heavy (non-hydrogen) atoms. The van der Waals surface area contributed by atoms with Gasteiger partial charge < -0.3 is 14.4 Å². The molecule has 7 nitrogen and oxygen atoms in total. The molecule has 0 unspecified atom stereocenters. The number of amides is 1. The lowest BCUT2D eigenvalue weighted by Crippen LogP contribution is -2.46.